The number of methoxy groups -OCH3 is 3. The Bertz CT molecular complexity index is 1010. The third-order valence-electron chi connectivity index (χ3n) is 5.97. The minimum Gasteiger partial charge on any atom is -0.493 e. The minimum absolute atomic E-state index is 0.235. The topological polar surface area (TPSA) is 57.2 Å². The zero-order valence-corrected chi connectivity index (χ0v) is 17.9. The number of carbonyl (C=O) groups is 1. The number of nitrogens with zero attached hydrogens (tertiary/aromatic N) is 1. The van der Waals surface area contributed by atoms with Crippen molar-refractivity contribution in [2.45, 2.75) is 32.4 Å². The second-order valence-electron chi connectivity index (χ2n) is 7.75. The van der Waals surface area contributed by atoms with Gasteiger partial charge < -0.3 is 18.9 Å². The minimum atomic E-state index is -0.440. The van der Waals surface area contributed by atoms with E-state index in [2.05, 4.69) is 29.7 Å². The number of benzene rings is 2. The summed E-state index contributed by atoms with van der Waals surface area (Å²) in [5, 5.41) is 0. The van der Waals surface area contributed by atoms with E-state index in [9.17, 15) is 4.79 Å². The van der Waals surface area contributed by atoms with Gasteiger partial charge in [-0.25, -0.2) is 4.79 Å². The Morgan fingerprint density at radius 1 is 1.03 bits per heavy atom. The first-order valence-corrected chi connectivity index (χ1v) is 10.0. The summed E-state index contributed by atoms with van der Waals surface area (Å²) < 4.78 is 22.2. The standard InChI is InChI=1S/C24H27NO5/c1-14(2)24(26)30-23-18-13-25-9-8-16-11-21(28-4)22(29-5)12-17(16)19(25)10-15(18)6-7-20(23)27-3/h6-7,11-12,19H,1,8-10,13H2,2-5H3. The summed E-state index contributed by atoms with van der Waals surface area (Å²) in [6, 6.07) is 8.36. The van der Waals surface area contributed by atoms with Crippen LogP contribution < -0.4 is 18.9 Å². The van der Waals surface area contributed by atoms with Gasteiger partial charge in [-0.1, -0.05) is 12.6 Å². The van der Waals surface area contributed by atoms with Crippen molar-refractivity contribution in [2.24, 2.45) is 0 Å². The first-order valence-electron chi connectivity index (χ1n) is 10.0. The lowest BCUT2D eigenvalue weighted by atomic mass is 9.83. The van der Waals surface area contributed by atoms with E-state index in [1.165, 1.54) is 11.1 Å². The Balaban J connectivity index is 1.74. The molecular weight excluding hydrogens is 382 g/mol. The van der Waals surface area contributed by atoms with Crippen molar-refractivity contribution in [3.63, 3.8) is 0 Å². The van der Waals surface area contributed by atoms with Crippen LogP contribution in [-0.4, -0.2) is 38.7 Å². The monoisotopic (exact) mass is 409 g/mol. The number of esters is 1. The molecule has 6 nitrogen and oxygen atoms in total. The lowest BCUT2D eigenvalue weighted by molar-refractivity contribution is -0.130. The molecule has 0 amide bonds. The van der Waals surface area contributed by atoms with Gasteiger partial charge in [0, 0.05) is 30.3 Å². The molecule has 0 radical (unpaired) electrons. The smallest absolute Gasteiger partial charge is 0.338 e. The molecule has 0 aliphatic carbocycles. The van der Waals surface area contributed by atoms with E-state index in [1.807, 2.05) is 6.07 Å². The predicted octanol–water partition coefficient (Wildman–Crippen LogP) is 3.85. The fourth-order valence-corrected chi connectivity index (χ4v) is 4.38. The third kappa shape index (κ3) is 3.41. The maximum atomic E-state index is 12.2. The van der Waals surface area contributed by atoms with Crippen molar-refractivity contribution in [3.8, 4) is 23.0 Å². The molecule has 0 bridgehead atoms. The van der Waals surface area contributed by atoms with Gasteiger partial charge in [-0.2, -0.15) is 0 Å². The lowest BCUT2D eigenvalue weighted by Gasteiger charge is -2.42. The molecular formula is C24H27NO5. The maximum absolute atomic E-state index is 12.2. The van der Waals surface area contributed by atoms with Crippen molar-refractivity contribution < 1.29 is 23.7 Å². The molecule has 4 rings (SSSR count). The van der Waals surface area contributed by atoms with E-state index in [-0.39, 0.29) is 6.04 Å². The molecule has 0 saturated carbocycles. The molecule has 2 aromatic rings. The van der Waals surface area contributed by atoms with Crippen LogP contribution >= 0.6 is 0 Å². The molecule has 2 aliphatic heterocycles. The summed E-state index contributed by atoms with van der Waals surface area (Å²) in [5.74, 6) is 2.13. The van der Waals surface area contributed by atoms with E-state index >= 15 is 0 Å². The Kier molecular flexibility index (Phi) is 5.43. The fraction of sp³-hybridized carbons (Fsp3) is 0.375. The zero-order valence-electron chi connectivity index (χ0n) is 17.9. The van der Waals surface area contributed by atoms with Crippen LogP contribution in [0.15, 0.2) is 36.4 Å². The van der Waals surface area contributed by atoms with Crippen LogP contribution in [0.3, 0.4) is 0 Å². The Morgan fingerprint density at radius 3 is 2.40 bits per heavy atom. The van der Waals surface area contributed by atoms with Crippen LogP contribution in [-0.2, 0) is 24.2 Å². The summed E-state index contributed by atoms with van der Waals surface area (Å²) in [6.45, 7) is 6.93. The summed E-state index contributed by atoms with van der Waals surface area (Å²) in [7, 11) is 4.91. The van der Waals surface area contributed by atoms with Crippen LogP contribution in [0.4, 0.5) is 0 Å². The van der Waals surface area contributed by atoms with Gasteiger partial charge in [0.25, 0.3) is 0 Å². The van der Waals surface area contributed by atoms with Crippen molar-refractivity contribution >= 4 is 5.97 Å². The van der Waals surface area contributed by atoms with Gasteiger partial charge in [0.15, 0.2) is 23.0 Å². The van der Waals surface area contributed by atoms with Crippen molar-refractivity contribution in [1.29, 1.82) is 0 Å². The molecule has 2 aromatic carbocycles. The maximum Gasteiger partial charge on any atom is 0.338 e. The van der Waals surface area contributed by atoms with Gasteiger partial charge in [-0.3, -0.25) is 4.90 Å². The van der Waals surface area contributed by atoms with Gasteiger partial charge in [0.2, 0.25) is 0 Å². The SMILES string of the molecule is C=C(C)C(=O)Oc1c(OC)ccc2c1CN1CCc3cc(OC)c(OC)cc3C1C2. The second-order valence-corrected chi connectivity index (χ2v) is 7.75. The Morgan fingerprint density at radius 2 is 1.73 bits per heavy atom. The number of rotatable bonds is 5. The number of carbonyl (C=O) groups excluding carboxylic acids is 1. The third-order valence-corrected chi connectivity index (χ3v) is 5.97. The van der Waals surface area contributed by atoms with Crippen LogP contribution in [0.5, 0.6) is 23.0 Å². The molecule has 0 saturated heterocycles. The molecule has 158 valence electrons. The van der Waals surface area contributed by atoms with E-state index in [0.29, 0.717) is 23.6 Å². The van der Waals surface area contributed by atoms with Gasteiger partial charge in [-0.15, -0.1) is 0 Å². The van der Waals surface area contributed by atoms with E-state index in [1.54, 1.807) is 28.3 Å². The van der Waals surface area contributed by atoms with Crippen molar-refractivity contribution in [1.82, 2.24) is 4.90 Å². The van der Waals surface area contributed by atoms with E-state index in [4.69, 9.17) is 18.9 Å². The number of hydrogen-bond donors (Lipinski definition) is 0. The first-order chi connectivity index (χ1) is 14.5. The molecule has 30 heavy (non-hydrogen) atoms. The molecule has 0 aromatic heterocycles. The highest BCUT2D eigenvalue weighted by molar-refractivity contribution is 5.89. The molecule has 6 heteroatoms. The van der Waals surface area contributed by atoms with Crippen LogP contribution in [0, 0.1) is 0 Å². The van der Waals surface area contributed by atoms with E-state index < -0.39 is 5.97 Å². The Hall–Kier alpha value is -2.99. The first kappa shape index (κ1) is 20.3. The fourth-order valence-electron chi connectivity index (χ4n) is 4.38. The second kappa shape index (κ2) is 8.03. The number of hydrogen-bond acceptors (Lipinski definition) is 6. The van der Waals surface area contributed by atoms with Crippen molar-refractivity contribution in [2.75, 3.05) is 27.9 Å². The highest BCUT2D eigenvalue weighted by Crippen LogP contribution is 2.46. The highest BCUT2D eigenvalue weighted by atomic mass is 16.6. The Labute approximate surface area is 177 Å². The zero-order chi connectivity index (χ0) is 21.4. The average Bonchev–Trinajstić information content (AvgIpc) is 2.76. The predicted molar refractivity (Wildman–Crippen MR) is 114 cm³/mol. The van der Waals surface area contributed by atoms with E-state index in [0.717, 1.165) is 42.0 Å². The molecule has 0 N–H and O–H groups in total. The number of fused-ring (bicyclic) bond motifs is 4. The summed E-state index contributed by atoms with van der Waals surface area (Å²) in [5.41, 5.74) is 5.07. The van der Waals surface area contributed by atoms with Gasteiger partial charge in [-0.05, 0) is 54.7 Å². The molecule has 2 heterocycles. The summed E-state index contributed by atoms with van der Waals surface area (Å²) in [4.78, 5) is 14.7. The van der Waals surface area contributed by atoms with Gasteiger partial charge in [0.1, 0.15) is 0 Å². The molecule has 0 fully saturated rings. The van der Waals surface area contributed by atoms with Gasteiger partial charge >= 0.3 is 5.97 Å². The molecule has 0 spiro atoms. The summed E-state index contributed by atoms with van der Waals surface area (Å²) in [6.07, 6.45) is 1.74. The largest absolute Gasteiger partial charge is 0.493 e. The molecule has 1 unspecified atom stereocenters. The average molecular weight is 409 g/mol. The molecule has 1 atom stereocenters. The normalized spacial score (nSPS) is 17.3. The summed E-state index contributed by atoms with van der Waals surface area (Å²) >= 11 is 0. The highest BCUT2D eigenvalue weighted by Gasteiger charge is 2.35. The van der Waals surface area contributed by atoms with Crippen LogP contribution in [0.1, 0.15) is 35.2 Å². The van der Waals surface area contributed by atoms with Gasteiger partial charge in [0.05, 0.1) is 21.3 Å². The van der Waals surface area contributed by atoms with Crippen LogP contribution in [0.2, 0.25) is 0 Å². The quantitative estimate of drug-likeness (QED) is 0.425. The number of ether oxygens (including phenoxy) is 4. The molecule has 2 aliphatic rings. The van der Waals surface area contributed by atoms with Crippen molar-refractivity contribution in [3.05, 3.63) is 58.7 Å². The lowest BCUT2D eigenvalue weighted by Crippen LogP contribution is -2.39. The van der Waals surface area contributed by atoms with Crippen LogP contribution in [0.25, 0.3) is 0 Å².